The van der Waals surface area contributed by atoms with Crippen molar-refractivity contribution in [3.8, 4) is 5.75 Å². The fraction of sp³-hybridized carbons (Fsp3) is 0.273. The summed E-state index contributed by atoms with van der Waals surface area (Å²) in [6.45, 7) is 0.588. The molecular formula is C11H12N2O2S. The summed E-state index contributed by atoms with van der Waals surface area (Å²) in [6.07, 6.45) is 0.443. The zero-order chi connectivity index (χ0) is 11.5. The van der Waals surface area contributed by atoms with Crippen LogP contribution in [0, 0.1) is 0 Å². The fourth-order valence-electron chi connectivity index (χ4n) is 1.65. The Hall–Kier alpha value is -1.62. The zero-order valence-corrected chi connectivity index (χ0v) is 9.71. The van der Waals surface area contributed by atoms with Crippen LogP contribution in [0.25, 0.3) is 0 Å². The number of rotatable bonds is 2. The molecule has 0 aliphatic carbocycles. The molecule has 1 aromatic carbocycles. The van der Waals surface area contributed by atoms with Crippen molar-refractivity contribution in [1.82, 2.24) is 5.32 Å². The van der Waals surface area contributed by atoms with Gasteiger partial charge in [0.2, 0.25) is 5.91 Å². The first-order valence-electron chi connectivity index (χ1n) is 4.96. The minimum atomic E-state index is -0.0313. The number of nitrogens with zero attached hydrogens (tertiary/aromatic N) is 1. The number of nitrogens with one attached hydrogen (secondary N) is 1. The van der Waals surface area contributed by atoms with Gasteiger partial charge in [-0.15, -0.1) is 0 Å². The highest BCUT2D eigenvalue weighted by atomic mass is 32.1. The van der Waals surface area contributed by atoms with Gasteiger partial charge in [0.25, 0.3) is 0 Å². The molecule has 4 nitrogen and oxygen atoms in total. The zero-order valence-electron chi connectivity index (χ0n) is 8.90. The summed E-state index contributed by atoms with van der Waals surface area (Å²) in [4.78, 5) is 13.0. The van der Waals surface area contributed by atoms with Gasteiger partial charge in [-0.1, -0.05) is 12.1 Å². The van der Waals surface area contributed by atoms with E-state index in [2.05, 4.69) is 5.32 Å². The Morgan fingerprint density at radius 1 is 1.44 bits per heavy atom. The molecule has 1 N–H and O–H groups in total. The second-order valence-electron chi connectivity index (χ2n) is 3.43. The molecule has 16 heavy (non-hydrogen) atoms. The van der Waals surface area contributed by atoms with Gasteiger partial charge in [-0.2, -0.15) is 0 Å². The molecule has 1 heterocycles. The lowest BCUT2D eigenvalue weighted by atomic mass is 10.2. The van der Waals surface area contributed by atoms with Crippen molar-refractivity contribution in [3.63, 3.8) is 0 Å². The van der Waals surface area contributed by atoms with Crippen LogP contribution in [0.15, 0.2) is 24.3 Å². The molecule has 0 spiro atoms. The van der Waals surface area contributed by atoms with Gasteiger partial charge in [-0.25, -0.2) is 0 Å². The van der Waals surface area contributed by atoms with Crippen molar-refractivity contribution in [2.75, 3.05) is 18.6 Å². The first-order valence-corrected chi connectivity index (χ1v) is 5.37. The number of ether oxygens (including phenoxy) is 1. The van der Waals surface area contributed by atoms with Gasteiger partial charge in [0.15, 0.2) is 5.11 Å². The fourth-order valence-corrected chi connectivity index (χ4v) is 1.95. The molecule has 0 saturated carbocycles. The minimum absolute atomic E-state index is 0.0313. The van der Waals surface area contributed by atoms with E-state index in [0.717, 1.165) is 11.4 Å². The van der Waals surface area contributed by atoms with Gasteiger partial charge in [0.05, 0.1) is 12.8 Å². The van der Waals surface area contributed by atoms with Gasteiger partial charge in [0.1, 0.15) is 5.75 Å². The molecule has 1 fully saturated rings. The van der Waals surface area contributed by atoms with Gasteiger partial charge >= 0.3 is 0 Å². The monoisotopic (exact) mass is 236 g/mol. The average molecular weight is 236 g/mol. The molecule has 0 radical (unpaired) electrons. The Kier molecular flexibility index (Phi) is 3.05. The Balaban J connectivity index is 2.30. The van der Waals surface area contributed by atoms with Crippen LogP contribution in [0.4, 0.5) is 5.69 Å². The second-order valence-corrected chi connectivity index (χ2v) is 3.81. The maximum Gasteiger partial charge on any atom is 0.227 e. The minimum Gasteiger partial charge on any atom is -0.495 e. The van der Waals surface area contributed by atoms with Crippen molar-refractivity contribution in [2.45, 2.75) is 6.42 Å². The summed E-state index contributed by atoms with van der Waals surface area (Å²) in [5.41, 5.74) is 0.884. The number of carbonyl (C=O) groups is 1. The Bertz CT molecular complexity index is 434. The number of benzene rings is 1. The van der Waals surface area contributed by atoms with Gasteiger partial charge < -0.3 is 15.0 Å². The number of para-hydroxylation sites is 2. The maximum absolute atomic E-state index is 11.1. The van der Waals surface area contributed by atoms with Crippen LogP contribution < -0.4 is 15.0 Å². The molecule has 5 heteroatoms. The summed E-state index contributed by atoms with van der Waals surface area (Å²) in [7, 11) is 1.62. The van der Waals surface area contributed by atoms with Crippen molar-refractivity contribution in [2.24, 2.45) is 0 Å². The van der Waals surface area contributed by atoms with Crippen LogP contribution in [0.1, 0.15) is 6.42 Å². The number of hydrogen-bond acceptors (Lipinski definition) is 3. The molecule has 84 valence electrons. The standard InChI is InChI=1S/C11H12N2O2S/c1-15-9-5-3-2-4-8(9)13-7-6-10(14)12-11(13)16/h2-5H,6-7H2,1H3,(H,12,14,16). The van der Waals surface area contributed by atoms with E-state index in [-0.39, 0.29) is 5.91 Å². The van der Waals surface area contributed by atoms with Crippen molar-refractivity contribution >= 4 is 28.9 Å². The molecule has 1 aliphatic rings. The number of hydrogen-bond donors (Lipinski definition) is 1. The average Bonchev–Trinajstić information content (AvgIpc) is 2.29. The van der Waals surface area contributed by atoms with E-state index in [1.54, 1.807) is 7.11 Å². The van der Waals surface area contributed by atoms with E-state index >= 15 is 0 Å². The Morgan fingerprint density at radius 3 is 2.88 bits per heavy atom. The number of carbonyl (C=O) groups excluding carboxylic acids is 1. The lowest BCUT2D eigenvalue weighted by Gasteiger charge is -2.30. The molecule has 1 aliphatic heterocycles. The molecule has 1 amide bonds. The second kappa shape index (κ2) is 4.49. The molecule has 1 saturated heterocycles. The Morgan fingerprint density at radius 2 is 2.19 bits per heavy atom. The number of amides is 1. The van der Waals surface area contributed by atoms with Crippen LogP contribution in [-0.2, 0) is 4.79 Å². The summed E-state index contributed by atoms with van der Waals surface area (Å²) in [5.74, 6) is 0.720. The molecule has 0 aromatic heterocycles. The van der Waals surface area contributed by atoms with Crippen LogP contribution in [0.2, 0.25) is 0 Å². The number of anilines is 1. The van der Waals surface area contributed by atoms with E-state index in [4.69, 9.17) is 17.0 Å². The maximum atomic E-state index is 11.1. The normalized spacial score (nSPS) is 15.9. The first-order chi connectivity index (χ1) is 7.72. The molecular weight excluding hydrogens is 224 g/mol. The lowest BCUT2D eigenvalue weighted by Crippen LogP contribution is -2.49. The van der Waals surface area contributed by atoms with Gasteiger partial charge in [-0.05, 0) is 24.4 Å². The molecule has 0 bridgehead atoms. The smallest absolute Gasteiger partial charge is 0.227 e. The summed E-state index contributed by atoms with van der Waals surface area (Å²) >= 11 is 5.13. The highest BCUT2D eigenvalue weighted by molar-refractivity contribution is 7.80. The molecule has 0 atom stereocenters. The molecule has 0 unspecified atom stereocenters. The van der Waals surface area contributed by atoms with Crippen molar-refractivity contribution in [3.05, 3.63) is 24.3 Å². The predicted molar refractivity (Wildman–Crippen MR) is 65.7 cm³/mol. The SMILES string of the molecule is COc1ccccc1N1CCC(=O)NC1=S. The quantitative estimate of drug-likeness (QED) is 0.786. The topological polar surface area (TPSA) is 41.6 Å². The number of methoxy groups -OCH3 is 1. The van der Waals surface area contributed by atoms with E-state index in [0.29, 0.717) is 18.1 Å². The molecule has 1 aromatic rings. The third-order valence-corrected chi connectivity index (χ3v) is 2.75. The highest BCUT2D eigenvalue weighted by Gasteiger charge is 2.22. The van der Waals surface area contributed by atoms with Crippen molar-refractivity contribution < 1.29 is 9.53 Å². The van der Waals surface area contributed by atoms with Gasteiger partial charge in [0, 0.05) is 13.0 Å². The third kappa shape index (κ3) is 1.99. The van der Waals surface area contributed by atoms with E-state index in [9.17, 15) is 4.79 Å². The van der Waals surface area contributed by atoms with Crippen LogP contribution >= 0.6 is 12.2 Å². The van der Waals surface area contributed by atoms with Crippen molar-refractivity contribution in [1.29, 1.82) is 0 Å². The summed E-state index contributed by atoms with van der Waals surface area (Å²) in [5, 5.41) is 3.07. The number of thiocarbonyl (C=S) groups is 1. The van der Waals surface area contributed by atoms with Crippen LogP contribution in [-0.4, -0.2) is 24.7 Å². The Labute approximate surface area is 99.2 Å². The summed E-state index contributed by atoms with van der Waals surface area (Å²) in [6, 6.07) is 7.60. The summed E-state index contributed by atoms with van der Waals surface area (Å²) < 4.78 is 5.26. The first kappa shape index (κ1) is 10.9. The largest absolute Gasteiger partial charge is 0.495 e. The van der Waals surface area contributed by atoms with E-state index < -0.39 is 0 Å². The van der Waals surface area contributed by atoms with Gasteiger partial charge in [-0.3, -0.25) is 4.79 Å². The molecule has 2 rings (SSSR count). The van der Waals surface area contributed by atoms with E-state index in [1.807, 2.05) is 29.2 Å². The lowest BCUT2D eigenvalue weighted by molar-refractivity contribution is -0.119. The van der Waals surface area contributed by atoms with Crippen LogP contribution in [0.3, 0.4) is 0 Å². The van der Waals surface area contributed by atoms with E-state index in [1.165, 1.54) is 0 Å². The van der Waals surface area contributed by atoms with Crippen LogP contribution in [0.5, 0.6) is 5.75 Å². The predicted octanol–water partition coefficient (Wildman–Crippen LogP) is 1.31. The highest BCUT2D eigenvalue weighted by Crippen LogP contribution is 2.28. The third-order valence-electron chi connectivity index (χ3n) is 2.43.